The number of hydrogen-bond donors (Lipinski definition) is 1. The van der Waals surface area contributed by atoms with Crippen LogP contribution in [0.4, 0.5) is 10.1 Å². The molecule has 3 aromatic carbocycles. The maximum atomic E-state index is 14.0. The molecule has 0 unspecified atom stereocenters. The van der Waals surface area contributed by atoms with E-state index in [0.717, 1.165) is 47.0 Å². The molecule has 3 rings (SSSR count). The summed E-state index contributed by atoms with van der Waals surface area (Å²) in [6, 6.07) is 19.0. The number of methoxy groups -OCH3 is 1. The SMILES string of the molecule is CCCCNC(=O)[C@H](CC)N(Cc1ccc(OC)cc1)C(=O)CN(c1ccccc1)S(=O)(=O)c1ccc(F)cc1. The van der Waals surface area contributed by atoms with Gasteiger partial charge in [0.05, 0.1) is 17.7 Å². The van der Waals surface area contributed by atoms with Crippen LogP contribution in [-0.2, 0) is 26.2 Å². The minimum atomic E-state index is -4.25. The smallest absolute Gasteiger partial charge is 0.264 e. The highest BCUT2D eigenvalue weighted by Crippen LogP contribution is 2.25. The van der Waals surface area contributed by atoms with E-state index in [-0.39, 0.29) is 23.0 Å². The molecule has 214 valence electrons. The third kappa shape index (κ3) is 7.81. The predicted octanol–water partition coefficient (Wildman–Crippen LogP) is 4.75. The fraction of sp³-hybridized carbons (Fsp3) is 0.333. The summed E-state index contributed by atoms with van der Waals surface area (Å²) in [6.07, 6.45) is 2.03. The van der Waals surface area contributed by atoms with Crippen molar-refractivity contribution in [3.05, 3.63) is 90.2 Å². The Morgan fingerprint density at radius 2 is 1.60 bits per heavy atom. The second-order valence-electron chi connectivity index (χ2n) is 9.24. The summed E-state index contributed by atoms with van der Waals surface area (Å²) in [5.74, 6) is -0.785. The van der Waals surface area contributed by atoms with Gasteiger partial charge in [0.2, 0.25) is 11.8 Å². The summed E-state index contributed by atoms with van der Waals surface area (Å²) in [4.78, 5) is 28.4. The number of carbonyl (C=O) groups is 2. The molecule has 0 bridgehead atoms. The standard InChI is InChI=1S/C30H36FN3O5S/c1-4-6-20-32-30(36)28(5-2)33(21-23-12-16-26(39-3)17-13-23)29(35)22-34(25-10-8-7-9-11-25)40(37,38)27-18-14-24(31)15-19-27/h7-19,28H,4-6,20-22H2,1-3H3,(H,32,36)/t28-/m0/s1. The van der Waals surface area contributed by atoms with Crippen LogP contribution >= 0.6 is 0 Å². The lowest BCUT2D eigenvalue weighted by molar-refractivity contribution is -0.140. The summed E-state index contributed by atoms with van der Waals surface area (Å²) in [7, 11) is -2.70. The molecule has 10 heteroatoms. The molecule has 0 radical (unpaired) electrons. The van der Waals surface area contributed by atoms with Crippen LogP contribution in [-0.4, -0.2) is 51.4 Å². The first-order valence-corrected chi connectivity index (χ1v) is 14.7. The quantitative estimate of drug-likeness (QED) is 0.283. The van der Waals surface area contributed by atoms with Crippen molar-refractivity contribution in [3.8, 4) is 5.75 Å². The fourth-order valence-corrected chi connectivity index (χ4v) is 5.62. The van der Waals surface area contributed by atoms with Gasteiger partial charge in [-0.3, -0.25) is 13.9 Å². The number of anilines is 1. The molecule has 2 amide bonds. The number of carbonyl (C=O) groups excluding carboxylic acids is 2. The van der Waals surface area contributed by atoms with Gasteiger partial charge in [0.15, 0.2) is 0 Å². The Morgan fingerprint density at radius 1 is 0.950 bits per heavy atom. The van der Waals surface area contributed by atoms with E-state index in [4.69, 9.17) is 4.74 Å². The molecule has 1 atom stereocenters. The normalized spacial score (nSPS) is 11.9. The van der Waals surface area contributed by atoms with E-state index in [2.05, 4.69) is 5.32 Å². The van der Waals surface area contributed by atoms with E-state index in [1.165, 1.54) is 4.90 Å². The monoisotopic (exact) mass is 569 g/mol. The molecule has 0 aliphatic carbocycles. The molecule has 0 aliphatic rings. The van der Waals surface area contributed by atoms with Crippen molar-refractivity contribution in [2.24, 2.45) is 0 Å². The third-order valence-corrected chi connectivity index (χ3v) is 8.24. The minimum Gasteiger partial charge on any atom is -0.497 e. The molecule has 0 saturated heterocycles. The fourth-order valence-electron chi connectivity index (χ4n) is 4.21. The highest BCUT2D eigenvalue weighted by molar-refractivity contribution is 7.92. The van der Waals surface area contributed by atoms with Crippen LogP contribution in [0.25, 0.3) is 0 Å². The number of amides is 2. The van der Waals surface area contributed by atoms with E-state index < -0.39 is 34.3 Å². The van der Waals surface area contributed by atoms with Crippen molar-refractivity contribution < 1.29 is 27.1 Å². The van der Waals surface area contributed by atoms with Gasteiger partial charge in [-0.05, 0) is 66.9 Å². The molecule has 1 N–H and O–H groups in total. The number of nitrogens with zero attached hydrogens (tertiary/aromatic N) is 2. The number of rotatable bonds is 14. The van der Waals surface area contributed by atoms with Crippen LogP contribution in [0.3, 0.4) is 0 Å². The molecule has 8 nitrogen and oxygen atoms in total. The minimum absolute atomic E-state index is 0.0851. The van der Waals surface area contributed by atoms with Gasteiger partial charge in [-0.1, -0.05) is 50.6 Å². The van der Waals surface area contributed by atoms with E-state index >= 15 is 0 Å². The Labute approximate surface area is 235 Å². The molecule has 0 aromatic heterocycles. The highest BCUT2D eigenvalue weighted by Gasteiger charge is 2.33. The van der Waals surface area contributed by atoms with Crippen LogP contribution in [0.15, 0.2) is 83.8 Å². The van der Waals surface area contributed by atoms with Crippen LogP contribution in [0.1, 0.15) is 38.7 Å². The number of hydrogen-bond acceptors (Lipinski definition) is 5. The molecule has 0 spiro atoms. The van der Waals surface area contributed by atoms with E-state index in [1.54, 1.807) is 61.7 Å². The van der Waals surface area contributed by atoms with Crippen molar-refractivity contribution in [1.29, 1.82) is 0 Å². The molecule has 0 heterocycles. The Kier molecular flexibility index (Phi) is 11.1. The number of unbranched alkanes of at least 4 members (excludes halogenated alkanes) is 1. The van der Waals surface area contributed by atoms with Gasteiger partial charge < -0.3 is 15.0 Å². The van der Waals surface area contributed by atoms with Crippen molar-refractivity contribution in [3.63, 3.8) is 0 Å². The number of sulfonamides is 1. The summed E-state index contributed by atoms with van der Waals surface area (Å²) in [5.41, 5.74) is 1.02. The first kappa shape index (κ1) is 30.6. The summed E-state index contributed by atoms with van der Waals surface area (Å²) in [6.45, 7) is 3.83. The van der Waals surface area contributed by atoms with Gasteiger partial charge in [0, 0.05) is 13.1 Å². The molecule has 0 aliphatic heterocycles. The topological polar surface area (TPSA) is 96.0 Å². The maximum absolute atomic E-state index is 14.0. The largest absolute Gasteiger partial charge is 0.497 e. The van der Waals surface area contributed by atoms with E-state index in [9.17, 15) is 22.4 Å². The van der Waals surface area contributed by atoms with E-state index in [1.807, 2.05) is 13.8 Å². The van der Waals surface area contributed by atoms with Gasteiger partial charge in [-0.15, -0.1) is 0 Å². The molecule has 40 heavy (non-hydrogen) atoms. The van der Waals surface area contributed by atoms with Crippen LogP contribution in [0.5, 0.6) is 5.75 Å². The van der Waals surface area contributed by atoms with Crippen LogP contribution in [0.2, 0.25) is 0 Å². The predicted molar refractivity (Wildman–Crippen MR) is 153 cm³/mol. The molecular weight excluding hydrogens is 533 g/mol. The average Bonchev–Trinajstić information content (AvgIpc) is 2.96. The summed E-state index contributed by atoms with van der Waals surface area (Å²) < 4.78 is 47.2. The Hall–Kier alpha value is -3.92. The van der Waals surface area contributed by atoms with Crippen LogP contribution in [0, 0.1) is 5.82 Å². The molecule has 3 aromatic rings. The van der Waals surface area contributed by atoms with Gasteiger partial charge in [-0.25, -0.2) is 12.8 Å². The first-order valence-electron chi connectivity index (χ1n) is 13.2. The number of ether oxygens (including phenoxy) is 1. The lowest BCUT2D eigenvalue weighted by Gasteiger charge is -2.33. The number of halogens is 1. The van der Waals surface area contributed by atoms with Crippen molar-refractivity contribution in [1.82, 2.24) is 10.2 Å². The molecular formula is C30H36FN3O5S. The lowest BCUT2D eigenvalue weighted by atomic mass is 10.1. The second-order valence-corrected chi connectivity index (χ2v) is 11.1. The van der Waals surface area contributed by atoms with Crippen LogP contribution < -0.4 is 14.4 Å². The average molecular weight is 570 g/mol. The Bertz CT molecular complexity index is 1350. The van der Waals surface area contributed by atoms with Gasteiger partial charge in [0.25, 0.3) is 10.0 Å². The number of benzene rings is 3. The summed E-state index contributed by atoms with van der Waals surface area (Å²) >= 11 is 0. The zero-order valence-corrected chi connectivity index (χ0v) is 23.9. The van der Waals surface area contributed by atoms with Crippen molar-refractivity contribution in [2.45, 2.75) is 50.6 Å². The van der Waals surface area contributed by atoms with Gasteiger partial charge in [0.1, 0.15) is 24.2 Å². The van der Waals surface area contributed by atoms with Gasteiger partial charge in [-0.2, -0.15) is 0 Å². The lowest BCUT2D eigenvalue weighted by Crippen LogP contribution is -2.52. The molecule has 0 fully saturated rings. The zero-order valence-electron chi connectivity index (χ0n) is 23.0. The Balaban J connectivity index is 2.00. The zero-order chi connectivity index (χ0) is 29.1. The highest BCUT2D eigenvalue weighted by atomic mass is 32.2. The summed E-state index contributed by atoms with van der Waals surface area (Å²) in [5, 5.41) is 2.90. The molecule has 0 saturated carbocycles. The third-order valence-electron chi connectivity index (χ3n) is 6.45. The van der Waals surface area contributed by atoms with Gasteiger partial charge >= 0.3 is 0 Å². The van der Waals surface area contributed by atoms with Crippen molar-refractivity contribution >= 4 is 27.5 Å². The van der Waals surface area contributed by atoms with E-state index in [0.29, 0.717) is 18.7 Å². The number of nitrogens with one attached hydrogen (secondary N) is 1. The maximum Gasteiger partial charge on any atom is 0.264 e. The Morgan fingerprint density at radius 3 is 2.17 bits per heavy atom. The second kappa shape index (κ2) is 14.5. The first-order chi connectivity index (χ1) is 19.2. The number of para-hydroxylation sites is 1. The van der Waals surface area contributed by atoms with Crippen molar-refractivity contribution in [2.75, 3.05) is 24.5 Å².